The van der Waals surface area contributed by atoms with E-state index in [0.717, 1.165) is 42.8 Å². The summed E-state index contributed by atoms with van der Waals surface area (Å²) >= 11 is 0. The molecule has 2 aromatic rings. The van der Waals surface area contributed by atoms with Crippen LogP contribution in [0.15, 0.2) is 35.4 Å². The first-order chi connectivity index (χ1) is 13.2. The minimum Gasteiger partial charge on any atom is -0.345 e. The molecule has 0 saturated carbocycles. The number of hydrogen-bond acceptors (Lipinski definition) is 4. The first-order valence-electron chi connectivity index (χ1n) is 8.15. The smallest absolute Gasteiger partial charge is 0.345 e. The molecule has 0 aliphatic heterocycles. The molecule has 1 N–H and O–H groups in total. The Hall–Kier alpha value is -2.87. The van der Waals surface area contributed by atoms with Gasteiger partial charge in [-0.1, -0.05) is 13.8 Å². The normalized spacial score (nSPS) is 12.5. The third kappa shape index (κ3) is 4.76. The van der Waals surface area contributed by atoms with Crippen LogP contribution in [0.2, 0.25) is 0 Å². The monoisotopic (exact) mass is 431 g/mol. The molecular formula is C18H17F4N3O3S. The van der Waals surface area contributed by atoms with Crippen molar-refractivity contribution in [1.82, 2.24) is 4.57 Å². The van der Waals surface area contributed by atoms with Gasteiger partial charge in [-0.05, 0) is 24.3 Å². The summed E-state index contributed by atoms with van der Waals surface area (Å²) in [7, 11) is -2.98. The van der Waals surface area contributed by atoms with Gasteiger partial charge in [0.1, 0.15) is 17.6 Å². The Morgan fingerprint density at radius 2 is 1.86 bits per heavy atom. The fourth-order valence-electron chi connectivity index (χ4n) is 2.45. The Morgan fingerprint density at radius 1 is 1.24 bits per heavy atom. The van der Waals surface area contributed by atoms with Gasteiger partial charge in [0.15, 0.2) is 9.84 Å². The molecule has 0 unspecified atom stereocenters. The Kier molecular flexibility index (Phi) is 5.81. The van der Waals surface area contributed by atoms with Crippen molar-refractivity contribution >= 4 is 21.4 Å². The highest BCUT2D eigenvalue weighted by atomic mass is 32.2. The van der Waals surface area contributed by atoms with Crippen molar-refractivity contribution in [3.05, 3.63) is 47.5 Å². The molecule has 0 fully saturated rings. The van der Waals surface area contributed by atoms with E-state index in [1.54, 1.807) is 6.07 Å². The molecule has 0 aliphatic rings. The van der Waals surface area contributed by atoms with Crippen molar-refractivity contribution in [2.24, 2.45) is 12.5 Å². The van der Waals surface area contributed by atoms with E-state index < -0.39 is 43.8 Å². The SMILES string of the molecule is Cn1cc(S(=O)(=O)CC(C)(C)C(F)(F)F)cc1C(=O)Nc1ccc(F)c(C#N)c1. The van der Waals surface area contributed by atoms with Crippen molar-refractivity contribution in [3.8, 4) is 6.07 Å². The van der Waals surface area contributed by atoms with E-state index in [4.69, 9.17) is 5.26 Å². The van der Waals surface area contributed by atoms with E-state index in [2.05, 4.69) is 5.32 Å². The van der Waals surface area contributed by atoms with Gasteiger partial charge in [-0.25, -0.2) is 12.8 Å². The molecule has 2 rings (SSSR count). The molecule has 29 heavy (non-hydrogen) atoms. The quantitative estimate of drug-likeness (QED) is 0.732. The molecular weight excluding hydrogens is 414 g/mol. The predicted octanol–water partition coefficient (Wildman–Crippen LogP) is 3.65. The van der Waals surface area contributed by atoms with E-state index in [9.17, 15) is 30.8 Å². The van der Waals surface area contributed by atoms with Gasteiger partial charge in [0.2, 0.25) is 0 Å². The largest absolute Gasteiger partial charge is 0.394 e. The van der Waals surface area contributed by atoms with E-state index in [1.165, 1.54) is 13.1 Å². The number of carbonyl (C=O) groups excluding carboxylic acids is 1. The second kappa shape index (κ2) is 7.51. The molecule has 0 radical (unpaired) electrons. The molecule has 11 heteroatoms. The highest BCUT2D eigenvalue weighted by Gasteiger charge is 2.50. The van der Waals surface area contributed by atoms with Crippen LogP contribution >= 0.6 is 0 Å². The highest BCUT2D eigenvalue weighted by Crippen LogP contribution is 2.39. The van der Waals surface area contributed by atoms with E-state index >= 15 is 0 Å². The molecule has 0 saturated heterocycles. The summed E-state index contributed by atoms with van der Waals surface area (Å²) in [5, 5.41) is 11.2. The van der Waals surface area contributed by atoms with Gasteiger partial charge < -0.3 is 9.88 Å². The Balaban J connectivity index is 2.30. The lowest BCUT2D eigenvalue weighted by molar-refractivity contribution is -0.203. The number of nitrogens with one attached hydrogen (secondary N) is 1. The summed E-state index contributed by atoms with van der Waals surface area (Å²) in [5.74, 6) is -2.73. The lowest BCUT2D eigenvalue weighted by Crippen LogP contribution is -2.38. The van der Waals surface area contributed by atoms with E-state index in [0.29, 0.717) is 0 Å². The van der Waals surface area contributed by atoms with E-state index in [1.807, 2.05) is 0 Å². The van der Waals surface area contributed by atoms with Gasteiger partial charge in [-0.2, -0.15) is 18.4 Å². The van der Waals surface area contributed by atoms with Gasteiger partial charge in [0.05, 0.1) is 21.6 Å². The van der Waals surface area contributed by atoms with Gasteiger partial charge in [0.25, 0.3) is 5.91 Å². The predicted molar refractivity (Wildman–Crippen MR) is 96.4 cm³/mol. The maximum atomic E-state index is 13.4. The van der Waals surface area contributed by atoms with Crippen LogP contribution in [0.3, 0.4) is 0 Å². The van der Waals surface area contributed by atoms with Crippen LogP contribution in [0.25, 0.3) is 0 Å². The van der Waals surface area contributed by atoms with Crippen LogP contribution in [-0.2, 0) is 16.9 Å². The minimum absolute atomic E-state index is 0.0942. The Labute approximate surface area is 164 Å². The zero-order chi connectivity index (χ0) is 22.2. The standard InChI is InChI=1S/C18H17F4N3O3S/c1-17(2,18(20,21)22)10-29(27,28)13-7-15(25(3)9-13)16(26)24-12-4-5-14(19)11(6-12)8-23/h4-7,9H,10H2,1-3H3,(H,24,26). The van der Waals surface area contributed by atoms with E-state index in [-0.39, 0.29) is 16.9 Å². The summed E-state index contributed by atoms with van der Waals surface area (Å²) in [6.07, 6.45) is -3.68. The number of carbonyl (C=O) groups is 1. The van der Waals surface area contributed by atoms with Gasteiger partial charge in [-0.3, -0.25) is 4.79 Å². The molecule has 0 bridgehead atoms. The summed E-state index contributed by atoms with van der Waals surface area (Å²) in [4.78, 5) is 12.0. The third-order valence-corrected chi connectivity index (χ3v) is 6.28. The van der Waals surface area contributed by atoms with Crippen LogP contribution < -0.4 is 5.32 Å². The molecule has 0 spiro atoms. The molecule has 1 amide bonds. The average molecular weight is 431 g/mol. The molecule has 1 aromatic heterocycles. The van der Waals surface area contributed by atoms with Gasteiger partial charge in [0, 0.05) is 18.9 Å². The zero-order valence-corrected chi connectivity index (χ0v) is 16.4. The molecule has 1 heterocycles. The lowest BCUT2D eigenvalue weighted by Gasteiger charge is -2.26. The van der Waals surface area contributed by atoms with Crippen LogP contribution in [0.1, 0.15) is 29.9 Å². The highest BCUT2D eigenvalue weighted by molar-refractivity contribution is 7.91. The van der Waals surface area contributed by atoms with Crippen LogP contribution in [-0.4, -0.2) is 30.8 Å². The topological polar surface area (TPSA) is 92.0 Å². The van der Waals surface area contributed by atoms with Crippen LogP contribution in [0, 0.1) is 22.6 Å². The number of hydrogen-bond donors (Lipinski definition) is 1. The Morgan fingerprint density at radius 3 is 2.41 bits per heavy atom. The van der Waals surface area contributed by atoms with Crippen molar-refractivity contribution in [3.63, 3.8) is 0 Å². The average Bonchev–Trinajstić information content (AvgIpc) is 2.97. The lowest BCUT2D eigenvalue weighted by atomic mass is 9.96. The number of aromatic nitrogens is 1. The molecule has 6 nitrogen and oxygen atoms in total. The van der Waals surface area contributed by atoms with Gasteiger partial charge in [-0.15, -0.1) is 0 Å². The first kappa shape index (κ1) is 22.4. The second-order valence-corrected chi connectivity index (χ2v) is 9.06. The number of anilines is 1. The first-order valence-corrected chi connectivity index (χ1v) is 9.80. The number of amides is 1. The number of halogens is 4. The maximum absolute atomic E-state index is 13.4. The summed E-state index contributed by atoms with van der Waals surface area (Å²) in [6, 6.07) is 5.87. The summed E-state index contributed by atoms with van der Waals surface area (Å²) in [5.41, 5.74) is -2.83. The van der Waals surface area contributed by atoms with Crippen LogP contribution in [0.4, 0.5) is 23.2 Å². The zero-order valence-electron chi connectivity index (χ0n) is 15.6. The number of aryl methyl sites for hydroxylation is 1. The second-order valence-electron chi connectivity index (χ2n) is 7.07. The molecule has 0 atom stereocenters. The van der Waals surface area contributed by atoms with Crippen molar-refractivity contribution in [1.29, 1.82) is 5.26 Å². The van der Waals surface area contributed by atoms with Gasteiger partial charge >= 0.3 is 6.18 Å². The Bertz CT molecular complexity index is 1100. The number of benzene rings is 1. The van der Waals surface area contributed by atoms with Crippen LogP contribution in [0.5, 0.6) is 0 Å². The minimum atomic E-state index is -4.73. The fraction of sp³-hybridized carbons (Fsp3) is 0.333. The number of nitrogens with zero attached hydrogens (tertiary/aromatic N) is 2. The summed E-state index contributed by atoms with van der Waals surface area (Å²) < 4.78 is 78.5. The fourth-order valence-corrected chi connectivity index (χ4v) is 4.34. The summed E-state index contributed by atoms with van der Waals surface area (Å²) in [6.45, 7) is 1.56. The molecule has 156 valence electrons. The number of sulfone groups is 1. The molecule has 1 aromatic carbocycles. The number of alkyl halides is 3. The number of nitriles is 1. The van der Waals surface area contributed by atoms with Crippen molar-refractivity contribution in [2.45, 2.75) is 24.9 Å². The van der Waals surface area contributed by atoms with Crippen molar-refractivity contribution in [2.75, 3.05) is 11.1 Å². The third-order valence-electron chi connectivity index (χ3n) is 4.23. The number of rotatable bonds is 5. The maximum Gasteiger partial charge on any atom is 0.394 e. The molecule has 0 aliphatic carbocycles. The van der Waals surface area contributed by atoms with Crippen molar-refractivity contribution < 1.29 is 30.8 Å².